The Bertz CT molecular complexity index is 1070. The quantitative estimate of drug-likeness (QED) is 0.169. The molecule has 0 aliphatic carbocycles. The summed E-state index contributed by atoms with van der Waals surface area (Å²) in [6.45, 7) is 4.15. The van der Waals surface area contributed by atoms with Crippen molar-refractivity contribution in [3.05, 3.63) is 36.0 Å². The van der Waals surface area contributed by atoms with Gasteiger partial charge in [0, 0.05) is 23.5 Å². The minimum atomic E-state index is -1.64. The van der Waals surface area contributed by atoms with Crippen LogP contribution in [0.5, 0.6) is 0 Å². The van der Waals surface area contributed by atoms with E-state index in [4.69, 9.17) is 5.73 Å². The lowest BCUT2D eigenvalue weighted by Gasteiger charge is -2.25. The number of H-pyrrole nitrogens is 1. The first-order valence-electron chi connectivity index (χ1n) is 11.7. The standard InChI is InChI=1S/C24H35N5O7/c1-12(2)8-16(25)21(32)27-18(9-14-10-26-17-7-5-4-6-15(14)17)22(33)28-19(11-30)23(34)29-20(13(3)31)24(35)36/h4-7,10,12-13,16,18-20,26,30-31H,8-9,11,25H2,1-3H3,(H,27,32)(H,28,33)(H,29,34)(H,35,36). The SMILES string of the molecule is CC(C)CC(N)C(=O)NC(Cc1c[nH]c2ccccc12)C(=O)NC(CO)C(=O)NC(C(=O)O)C(C)O. The number of benzene rings is 1. The number of carbonyl (C=O) groups is 4. The third-order valence-electron chi connectivity index (χ3n) is 5.66. The van der Waals surface area contributed by atoms with Gasteiger partial charge in [-0.05, 0) is 30.9 Å². The predicted octanol–water partition coefficient (Wildman–Crippen LogP) is -1.00. The second-order valence-corrected chi connectivity index (χ2v) is 9.17. The van der Waals surface area contributed by atoms with Gasteiger partial charge in [-0.25, -0.2) is 4.79 Å². The average Bonchev–Trinajstić information content (AvgIpc) is 3.22. The number of aliphatic hydroxyl groups excluding tert-OH is 2. The molecule has 0 aliphatic rings. The highest BCUT2D eigenvalue weighted by atomic mass is 16.4. The number of nitrogens with one attached hydrogen (secondary N) is 4. The molecule has 1 aromatic heterocycles. The summed E-state index contributed by atoms with van der Waals surface area (Å²) in [5, 5.41) is 36.4. The summed E-state index contributed by atoms with van der Waals surface area (Å²) in [6, 6.07) is 2.23. The van der Waals surface area contributed by atoms with E-state index in [0.717, 1.165) is 16.5 Å². The van der Waals surface area contributed by atoms with E-state index >= 15 is 0 Å². The van der Waals surface area contributed by atoms with Crippen LogP contribution in [0.3, 0.4) is 0 Å². The highest BCUT2D eigenvalue weighted by Crippen LogP contribution is 2.19. The van der Waals surface area contributed by atoms with Gasteiger partial charge in [0.25, 0.3) is 0 Å². The van der Waals surface area contributed by atoms with Crippen molar-refractivity contribution >= 4 is 34.6 Å². The zero-order valence-electron chi connectivity index (χ0n) is 20.5. The maximum absolute atomic E-state index is 13.2. The minimum absolute atomic E-state index is 0.0567. The lowest BCUT2D eigenvalue weighted by molar-refractivity contribution is -0.145. The van der Waals surface area contributed by atoms with Crippen molar-refractivity contribution in [3.63, 3.8) is 0 Å². The number of para-hydroxylation sites is 1. The molecule has 1 aromatic carbocycles. The van der Waals surface area contributed by atoms with Crippen molar-refractivity contribution in [2.24, 2.45) is 11.7 Å². The number of hydrogen-bond donors (Lipinski definition) is 8. The zero-order valence-corrected chi connectivity index (χ0v) is 20.5. The fourth-order valence-corrected chi connectivity index (χ4v) is 3.73. The largest absolute Gasteiger partial charge is 0.480 e. The van der Waals surface area contributed by atoms with Gasteiger partial charge in [0.15, 0.2) is 6.04 Å². The van der Waals surface area contributed by atoms with Gasteiger partial charge in [0.1, 0.15) is 12.1 Å². The van der Waals surface area contributed by atoms with Crippen molar-refractivity contribution in [1.29, 1.82) is 0 Å². The first kappa shape index (κ1) is 28.8. The second-order valence-electron chi connectivity index (χ2n) is 9.17. The van der Waals surface area contributed by atoms with Crippen LogP contribution in [0.15, 0.2) is 30.5 Å². The molecular weight excluding hydrogens is 470 g/mol. The van der Waals surface area contributed by atoms with Gasteiger partial charge in [-0.1, -0.05) is 32.0 Å². The van der Waals surface area contributed by atoms with Crippen LogP contribution in [-0.4, -0.2) is 80.9 Å². The van der Waals surface area contributed by atoms with Crippen LogP contribution >= 0.6 is 0 Å². The van der Waals surface area contributed by atoms with E-state index in [1.165, 1.54) is 6.92 Å². The van der Waals surface area contributed by atoms with Crippen molar-refractivity contribution in [2.45, 2.75) is 63.9 Å². The van der Waals surface area contributed by atoms with Crippen LogP contribution < -0.4 is 21.7 Å². The van der Waals surface area contributed by atoms with Gasteiger partial charge in [0.2, 0.25) is 17.7 Å². The number of carboxylic acid groups (broad SMARTS) is 1. The van der Waals surface area contributed by atoms with Crippen LogP contribution in [0.2, 0.25) is 0 Å². The molecule has 0 spiro atoms. The molecule has 0 aliphatic heterocycles. The highest BCUT2D eigenvalue weighted by Gasteiger charge is 2.32. The first-order valence-corrected chi connectivity index (χ1v) is 11.7. The van der Waals surface area contributed by atoms with Crippen molar-refractivity contribution < 1.29 is 34.5 Å². The predicted molar refractivity (Wildman–Crippen MR) is 132 cm³/mol. The summed E-state index contributed by atoms with van der Waals surface area (Å²) in [6.07, 6.45) is 0.742. The molecule has 0 bridgehead atoms. The molecule has 0 saturated carbocycles. The van der Waals surface area contributed by atoms with Crippen molar-refractivity contribution in [1.82, 2.24) is 20.9 Å². The Morgan fingerprint density at radius 3 is 2.17 bits per heavy atom. The van der Waals surface area contributed by atoms with Gasteiger partial charge < -0.3 is 42.0 Å². The van der Waals surface area contributed by atoms with E-state index in [1.807, 2.05) is 38.1 Å². The molecule has 36 heavy (non-hydrogen) atoms. The smallest absolute Gasteiger partial charge is 0.328 e. The summed E-state index contributed by atoms with van der Waals surface area (Å²) >= 11 is 0. The topological polar surface area (TPSA) is 207 Å². The van der Waals surface area contributed by atoms with Crippen LogP contribution in [0.4, 0.5) is 0 Å². The third kappa shape index (κ3) is 7.77. The van der Waals surface area contributed by atoms with Crippen LogP contribution in [-0.2, 0) is 25.6 Å². The van der Waals surface area contributed by atoms with E-state index in [0.29, 0.717) is 6.42 Å². The number of nitrogens with two attached hydrogens (primary N) is 1. The van der Waals surface area contributed by atoms with Crippen LogP contribution in [0, 0.1) is 5.92 Å². The number of hydrogen-bond acceptors (Lipinski definition) is 7. The number of aliphatic hydroxyl groups is 2. The molecule has 9 N–H and O–H groups in total. The molecule has 12 nitrogen and oxygen atoms in total. The van der Waals surface area contributed by atoms with Crippen molar-refractivity contribution in [2.75, 3.05) is 6.61 Å². The number of amides is 3. The van der Waals surface area contributed by atoms with Crippen LogP contribution in [0.1, 0.15) is 32.8 Å². The number of rotatable bonds is 13. The van der Waals surface area contributed by atoms with E-state index in [2.05, 4.69) is 20.9 Å². The Morgan fingerprint density at radius 2 is 1.58 bits per heavy atom. The maximum Gasteiger partial charge on any atom is 0.328 e. The Morgan fingerprint density at radius 1 is 0.972 bits per heavy atom. The third-order valence-corrected chi connectivity index (χ3v) is 5.66. The lowest BCUT2D eigenvalue weighted by atomic mass is 10.0. The molecule has 2 aromatic rings. The van der Waals surface area contributed by atoms with Crippen molar-refractivity contribution in [3.8, 4) is 0 Å². The van der Waals surface area contributed by atoms with E-state index in [-0.39, 0.29) is 12.3 Å². The number of aromatic amines is 1. The molecule has 1 heterocycles. The minimum Gasteiger partial charge on any atom is -0.480 e. The number of carbonyl (C=O) groups excluding carboxylic acids is 3. The van der Waals surface area contributed by atoms with Crippen LogP contribution in [0.25, 0.3) is 10.9 Å². The molecule has 0 fully saturated rings. The normalized spacial score (nSPS) is 15.5. The molecule has 2 rings (SSSR count). The number of aromatic nitrogens is 1. The Kier molecular flexibility index (Phi) is 10.4. The van der Waals surface area contributed by atoms with E-state index in [1.54, 1.807) is 6.20 Å². The summed E-state index contributed by atoms with van der Waals surface area (Å²) < 4.78 is 0. The molecule has 0 radical (unpaired) electrons. The Balaban J connectivity index is 2.24. The van der Waals surface area contributed by atoms with Gasteiger partial charge in [-0.2, -0.15) is 0 Å². The molecular formula is C24H35N5O7. The average molecular weight is 506 g/mol. The maximum atomic E-state index is 13.2. The van der Waals surface area contributed by atoms with Gasteiger partial charge >= 0.3 is 5.97 Å². The number of aliphatic carboxylic acids is 1. The van der Waals surface area contributed by atoms with Gasteiger partial charge in [0.05, 0.1) is 18.8 Å². The van der Waals surface area contributed by atoms with E-state index < -0.39 is 60.6 Å². The molecule has 5 unspecified atom stereocenters. The fraction of sp³-hybridized carbons (Fsp3) is 0.500. The molecule has 0 saturated heterocycles. The second kappa shape index (κ2) is 13.0. The van der Waals surface area contributed by atoms with E-state index in [9.17, 15) is 34.5 Å². The van der Waals surface area contributed by atoms with Gasteiger partial charge in [-0.15, -0.1) is 0 Å². The number of fused-ring (bicyclic) bond motifs is 1. The molecule has 3 amide bonds. The summed E-state index contributed by atoms with van der Waals surface area (Å²) in [5.41, 5.74) is 7.55. The summed E-state index contributed by atoms with van der Waals surface area (Å²) in [4.78, 5) is 52.8. The Labute approximate surface area is 208 Å². The first-order chi connectivity index (χ1) is 16.9. The molecule has 12 heteroatoms. The molecule has 5 atom stereocenters. The fourth-order valence-electron chi connectivity index (χ4n) is 3.73. The molecule has 198 valence electrons. The highest BCUT2D eigenvalue weighted by molar-refractivity contribution is 5.95. The summed E-state index contributed by atoms with van der Waals surface area (Å²) in [7, 11) is 0. The lowest BCUT2D eigenvalue weighted by Crippen LogP contribution is -2.59. The monoisotopic (exact) mass is 505 g/mol. The van der Waals surface area contributed by atoms with Gasteiger partial charge in [-0.3, -0.25) is 14.4 Å². The number of carboxylic acids is 1. The zero-order chi connectivity index (χ0) is 27.0. The summed E-state index contributed by atoms with van der Waals surface area (Å²) in [5.74, 6) is -3.67. The Hall–Kier alpha value is -3.48.